The summed E-state index contributed by atoms with van der Waals surface area (Å²) in [4.78, 5) is 59.0. The lowest BCUT2D eigenvalue weighted by Crippen LogP contribution is -2.61. The van der Waals surface area contributed by atoms with Gasteiger partial charge in [0.05, 0.1) is 18.5 Å². The van der Waals surface area contributed by atoms with E-state index in [4.69, 9.17) is 21.9 Å². The molecule has 12 heteroatoms. The normalized spacial score (nSPS) is 13.0. The van der Waals surface area contributed by atoms with Gasteiger partial charge in [0, 0.05) is 13.1 Å². The first kappa shape index (κ1) is 36.7. The van der Waals surface area contributed by atoms with E-state index in [2.05, 4.69) is 15.6 Å². The lowest BCUT2D eigenvalue weighted by Gasteiger charge is -2.37. The van der Waals surface area contributed by atoms with Crippen molar-refractivity contribution in [2.75, 3.05) is 13.1 Å². The number of nitrogens with two attached hydrogens (primary N) is 3. The monoisotopic (exact) mass is 623 g/mol. The van der Waals surface area contributed by atoms with Crippen molar-refractivity contribution in [3.8, 4) is 0 Å². The smallest absolute Gasteiger partial charge is 0.408 e. The van der Waals surface area contributed by atoms with E-state index >= 15 is 0 Å². The van der Waals surface area contributed by atoms with Crippen LogP contribution in [0.4, 0.5) is 4.79 Å². The number of aliphatic imine (C=N–C) groups is 1. The zero-order valence-corrected chi connectivity index (χ0v) is 26.8. The molecular formula is C33H49N7O5. The molecule has 0 fully saturated rings. The van der Waals surface area contributed by atoms with Gasteiger partial charge in [-0.25, -0.2) is 4.79 Å². The molecule has 2 aromatic rings. The molecule has 45 heavy (non-hydrogen) atoms. The van der Waals surface area contributed by atoms with E-state index in [1.807, 2.05) is 76.2 Å². The molecule has 0 heterocycles. The maximum Gasteiger partial charge on any atom is 0.408 e. The van der Waals surface area contributed by atoms with Crippen LogP contribution in [0, 0.1) is 11.8 Å². The zero-order valence-electron chi connectivity index (χ0n) is 26.8. The third-order valence-corrected chi connectivity index (χ3v) is 7.08. The van der Waals surface area contributed by atoms with Gasteiger partial charge in [-0.05, 0) is 42.2 Å². The molecule has 0 bridgehead atoms. The predicted octanol–water partition coefficient (Wildman–Crippen LogP) is 2.45. The van der Waals surface area contributed by atoms with E-state index in [1.54, 1.807) is 12.1 Å². The van der Waals surface area contributed by atoms with Crippen LogP contribution in [0.2, 0.25) is 0 Å². The number of hydrogen-bond donors (Lipinski definition) is 5. The molecule has 0 aromatic heterocycles. The van der Waals surface area contributed by atoms with Gasteiger partial charge in [-0.15, -0.1) is 0 Å². The predicted molar refractivity (Wildman–Crippen MR) is 175 cm³/mol. The molecule has 0 saturated heterocycles. The molecular weight excluding hydrogens is 574 g/mol. The lowest BCUT2D eigenvalue weighted by atomic mass is 9.97. The fourth-order valence-electron chi connectivity index (χ4n) is 4.75. The van der Waals surface area contributed by atoms with Gasteiger partial charge in [-0.1, -0.05) is 88.4 Å². The highest BCUT2D eigenvalue weighted by molar-refractivity contribution is 6.01. The first-order valence-corrected chi connectivity index (χ1v) is 15.3. The average Bonchev–Trinajstić information content (AvgIpc) is 2.99. The van der Waals surface area contributed by atoms with Crippen molar-refractivity contribution in [3.05, 3.63) is 71.8 Å². The highest BCUT2D eigenvalue weighted by Gasteiger charge is 2.39. The quantitative estimate of drug-likeness (QED) is 0.101. The second kappa shape index (κ2) is 19.0. The fraction of sp³-hybridized carbons (Fsp3) is 0.485. The van der Waals surface area contributed by atoms with Crippen LogP contribution in [0.5, 0.6) is 0 Å². The summed E-state index contributed by atoms with van der Waals surface area (Å²) in [7, 11) is 0. The minimum atomic E-state index is -1.15. The van der Waals surface area contributed by atoms with Gasteiger partial charge in [0.15, 0.2) is 5.96 Å². The van der Waals surface area contributed by atoms with Crippen molar-refractivity contribution < 1.29 is 23.9 Å². The van der Waals surface area contributed by atoms with Gasteiger partial charge in [-0.2, -0.15) is 0 Å². The first-order valence-electron chi connectivity index (χ1n) is 15.3. The molecule has 0 saturated carbocycles. The summed E-state index contributed by atoms with van der Waals surface area (Å²) in [6.45, 7) is 7.77. The number of carbonyl (C=O) groups excluding carboxylic acids is 4. The Hall–Kier alpha value is -4.45. The molecule has 0 radical (unpaired) electrons. The Bertz CT molecular complexity index is 1250. The standard InChI is InChI=1S/C33H49N7O5/c1-22(2)18-26(34)30(42)40(28(23(3)4)20-38-29(41)19-24-12-7-5-8-13-24)31(43)27(16-11-17-37-32(35)36)39-33(44)45-21-25-14-9-6-10-15-25/h5-10,12-15,22-23,26-28H,11,16-21,34H2,1-4H3,(H,38,41)(H,39,44)(H4,35,36,37)/t26-,27-,28+/m0/s1. The largest absolute Gasteiger partial charge is 0.445 e. The molecule has 12 nitrogen and oxygen atoms in total. The Kier molecular flexibility index (Phi) is 15.6. The van der Waals surface area contributed by atoms with Crippen molar-refractivity contribution in [3.63, 3.8) is 0 Å². The molecule has 4 amide bonds. The number of carbonyl (C=O) groups is 4. The molecule has 0 aliphatic carbocycles. The number of benzene rings is 2. The number of alkyl carbamates (subject to hydrolysis) is 1. The number of amides is 4. The molecule has 0 spiro atoms. The summed E-state index contributed by atoms with van der Waals surface area (Å²) >= 11 is 0. The van der Waals surface area contributed by atoms with Crippen LogP contribution in [0.15, 0.2) is 65.7 Å². The maximum absolute atomic E-state index is 14.3. The molecule has 2 aromatic carbocycles. The number of nitrogens with one attached hydrogen (secondary N) is 2. The molecule has 8 N–H and O–H groups in total. The van der Waals surface area contributed by atoms with Gasteiger partial charge in [0.1, 0.15) is 12.6 Å². The van der Waals surface area contributed by atoms with E-state index in [-0.39, 0.29) is 56.2 Å². The van der Waals surface area contributed by atoms with Crippen LogP contribution < -0.4 is 27.8 Å². The highest BCUT2D eigenvalue weighted by Crippen LogP contribution is 2.18. The summed E-state index contributed by atoms with van der Waals surface area (Å²) in [6, 6.07) is 15.5. The van der Waals surface area contributed by atoms with Gasteiger partial charge in [0.2, 0.25) is 11.8 Å². The Morgan fingerprint density at radius 3 is 2.04 bits per heavy atom. The van der Waals surface area contributed by atoms with Crippen molar-refractivity contribution in [2.45, 2.75) is 78.1 Å². The number of nitrogens with zero attached hydrogens (tertiary/aromatic N) is 2. The number of hydrogen-bond acceptors (Lipinski definition) is 7. The van der Waals surface area contributed by atoms with Gasteiger partial charge in [0.25, 0.3) is 5.91 Å². The first-order chi connectivity index (χ1) is 21.4. The maximum atomic E-state index is 14.3. The minimum Gasteiger partial charge on any atom is -0.445 e. The summed E-state index contributed by atoms with van der Waals surface area (Å²) in [5, 5.41) is 5.52. The van der Waals surface area contributed by atoms with E-state index in [0.717, 1.165) is 16.0 Å². The van der Waals surface area contributed by atoms with Crippen LogP contribution in [0.25, 0.3) is 0 Å². The topological polar surface area (TPSA) is 195 Å². The lowest BCUT2D eigenvalue weighted by molar-refractivity contribution is -0.151. The Morgan fingerprint density at radius 1 is 0.889 bits per heavy atom. The van der Waals surface area contributed by atoms with E-state index < -0.39 is 36.0 Å². The van der Waals surface area contributed by atoms with E-state index in [9.17, 15) is 19.2 Å². The summed E-state index contributed by atoms with van der Waals surface area (Å²) in [5.41, 5.74) is 18.8. The number of imide groups is 1. The number of guanidine groups is 1. The van der Waals surface area contributed by atoms with Crippen molar-refractivity contribution in [1.82, 2.24) is 15.5 Å². The zero-order chi connectivity index (χ0) is 33.4. The molecule has 2 rings (SSSR count). The summed E-state index contributed by atoms with van der Waals surface area (Å²) in [6.07, 6.45) is 0.103. The molecule has 0 unspecified atom stereocenters. The molecule has 246 valence electrons. The highest BCUT2D eigenvalue weighted by atomic mass is 16.5. The van der Waals surface area contributed by atoms with Crippen LogP contribution in [0.1, 0.15) is 58.1 Å². The Balaban J connectivity index is 2.34. The van der Waals surface area contributed by atoms with Crippen LogP contribution >= 0.6 is 0 Å². The fourth-order valence-corrected chi connectivity index (χ4v) is 4.75. The SMILES string of the molecule is CC(C)C[C@H](N)C(=O)N(C(=O)[C@H](CCCN=C(N)N)NC(=O)OCc1ccccc1)[C@H](CNC(=O)Cc1ccccc1)C(C)C. The van der Waals surface area contributed by atoms with Crippen molar-refractivity contribution in [2.24, 2.45) is 34.0 Å². The third-order valence-electron chi connectivity index (χ3n) is 7.08. The second-order valence-electron chi connectivity index (χ2n) is 11.8. The van der Waals surface area contributed by atoms with Crippen molar-refractivity contribution in [1.29, 1.82) is 0 Å². The van der Waals surface area contributed by atoms with Gasteiger partial charge >= 0.3 is 6.09 Å². The van der Waals surface area contributed by atoms with Gasteiger partial charge in [-0.3, -0.25) is 24.3 Å². The summed E-state index contributed by atoms with van der Waals surface area (Å²) in [5.74, 6) is -1.76. The Morgan fingerprint density at radius 2 is 1.49 bits per heavy atom. The van der Waals surface area contributed by atoms with Crippen LogP contribution in [0.3, 0.4) is 0 Å². The Labute approximate surface area is 266 Å². The molecule has 0 aliphatic rings. The number of rotatable bonds is 17. The number of ether oxygens (including phenoxy) is 1. The van der Waals surface area contributed by atoms with Crippen LogP contribution in [-0.2, 0) is 32.1 Å². The van der Waals surface area contributed by atoms with Crippen molar-refractivity contribution >= 4 is 29.8 Å². The minimum absolute atomic E-state index is 0.00832. The van der Waals surface area contributed by atoms with Crippen LogP contribution in [-0.4, -0.2) is 65.9 Å². The molecule has 0 aliphatic heterocycles. The van der Waals surface area contributed by atoms with Gasteiger partial charge < -0.3 is 32.6 Å². The summed E-state index contributed by atoms with van der Waals surface area (Å²) < 4.78 is 5.38. The average molecular weight is 624 g/mol. The molecule has 3 atom stereocenters. The van der Waals surface area contributed by atoms with E-state index in [1.165, 1.54) is 0 Å². The third kappa shape index (κ3) is 13.4. The second-order valence-corrected chi connectivity index (χ2v) is 11.8. The van der Waals surface area contributed by atoms with E-state index in [0.29, 0.717) is 12.8 Å².